The van der Waals surface area contributed by atoms with Crippen LogP contribution in [-0.4, -0.2) is 26.2 Å². The van der Waals surface area contributed by atoms with Crippen molar-refractivity contribution in [3.05, 3.63) is 58.1 Å². The zero-order valence-corrected chi connectivity index (χ0v) is 16.8. The molecule has 0 unspecified atom stereocenters. The van der Waals surface area contributed by atoms with Gasteiger partial charge in [-0.1, -0.05) is 48.2 Å². The van der Waals surface area contributed by atoms with Gasteiger partial charge in [0.25, 0.3) is 0 Å². The molecule has 0 aromatic heterocycles. The molecule has 1 fully saturated rings. The van der Waals surface area contributed by atoms with Crippen LogP contribution in [0.15, 0.2) is 42.5 Å². The SMILES string of the molecule is COCCOc1ccc(NC(=O)C2(c3ccc(Cl)cc3)CCCC2)cc1Cl. The number of benzene rings is 2. The predicted octanol–water partition coefficient (Wildman–Crippen LogP) is 5.47. The number of carbonyl (C=O) groups excluding carboxylic acids is 1. The van der Waals surface area contributed by atoms with E-state index in [0.29, 0.717) is 34.7 Å². The maximum Gasteiger partial charge on any atom is 0.235 e. The second-order valence-electron chi connectivity index (χ2n) is 6.74. The minimum atomic E-state index is -0.523. The normalized spacial score (nSPS) is 15.5. The van der Waals surface area contributed by atoms with Crippen LogP contribution < -0.4 is 10.1 Å². The first kappa shape index (κ1) is 20.0. The first-order chi connectivity index (χ1) is 13.0. The van der Waals surface area contributed by atoms with Gasteiger partial charge in [0, 0.05) is 17.8 Å². The van der Waals surface area contributed by atoms with E-state index in [9.17, 15) is 4.79 Å². The number of nitrogens with one attached hydrogen (secondary N) is 1. The van der Waals surface area contributed by atoms with Crippen molar-refractivity contribution < 1.29 is 14.3 Å². The molecule has 0 aliphatic heterocycles. The third-order valence-electron chi connectivity index (χ3n) is 5.02. The number of methoxy groups -OCH3 is 1. The maximum absolute atomic E-state index is 13.2. The fourth-order valence-electron chi connectivity index (χ4n) is 3.58. The Bertz CT molecular complexity index is 787. The fourth-order valence-corrected chi connectivity index (χ4v) is 3.94. The molecule has 144 valence electrons. The van der Waals surface area contributed by atoms with E-state index >= 15 is 0 Å². The van der Waals surface area contributed by atoms with Crippen LogP contribution in [0.25, 0.3) is 0 Å². The van der Waals surface area contributed by atoms with Gasteiger partial charge < -0.3 is 14.8 Å². The molecule has 0 heterocycles. The number of hydrogen-bond donors (Lipinski definition) is 1. The molecule has 0 atom stereocenters. The topological polar surface area (TPSA) is 47.6 Å². The summed E-state index contributed by atoms with van der Waals surface area (Å²) in [6.45, 7) is 0.903. The van der Waals surface area contributed by atoms with Crippen LogP contribution in [0, 0.1) is 0 Å². The number of anilines is 1. The lowest BCUT2D eigenvalue weighted by molar-refractivity contribution is -0.121. The van der Waals surface area contributed by atoms with Crippen molar-refractivity contribution in [3.8, 4) is 5.75 Å². The minimum Gasteiger partial charge on any atom is -0.490 e. The Balaban J connectivity index is 1.76. The first-order valence-electron chi connectivity index (χ1n) is 9.04. The van der Waals surface area contributed by atoms with Gasteiger partial charge in [-0.25, -0.2) is 0 Å². The van der Waals surface area contributed by atoms with Crippen LogP contribution in [-0.2, 0) is 14.9 Å². The zero-order valence-electron chi connectivity index (χ0n) is 15.3. The van der Waals surface area contributed by atoms with Gasteiger partial charge >= 0.3 is 0 Å². The molecule has 0 spiro atoms. The molecule has 1 saturated carbocycles. The summed E-state index contributed by atoms with van der Waals surface area (Å²) in [6.07, 6.45) is 3.71. The molecule has 0 radical (unpaired) electrons. The van der Waals surface area contributed by atoms with Gasteiger partial charge in [-0.15, -0.1) is 0 Å². The van der Waals surface area contributed by atoms with Gasteiger partial charge in [0.05, 0.1) is 17.0 Å². The average molecular weight is 408 g/mol. The third-order valence-corrected chi connectivity index (χ3v) is 5.57. The van der Waals surface area contributed by atoms with Crippen LogP contribution in [0.4, 0.5) is 5.69 Å². The highest BCUT2D eigenvalue weighted by Crippen LogP contribution is 2.42. The number of carbonyl (C=O) groups is 1. The predicted molar refractivity (Wildman–Crippen MR) is 109 cm³/mol. The molecule has 27 heavy (non-hydrogen) atoms. The molecule has 6 heteroatoms. The van der Waals surface area contributed by atoms with Crippen molar-refractivity contribution in [1.82, 2.24) is 0 Å². The summed E-state index contributed by atoms with van der Waals surface area (Å²) >= 11 is 12.3. The lowest BCUT2D eigenvalue weighted by atomic mass is 9.78. The summed E-state index contributed by atoms with van der Waals surface area (Å²) in [4.78, 5) is 13.2. The monoisotopic (exact) mass is 407 g/mol. The molecular formula is C21H23Cl2NO3. The number of halogens is 2. The van der Waals surface area contributed by atoms with Gasteiger partial charge in [0.2, 0.25) is 5.91 Å². The maximum atomic E-state index is 13.2. The second kappa shape index (κ2) is 8.96. The van der Waals surface area contributed by atoms with Crippen LogP contribution in [0.5, 0.6) is 5.75 Å². The summed E-state index contributed by atoms with van der Waals surface area (Å²) in [5.74, 6) is 0.562. The highest BCUT2D eigenvalue weighted by atomic mass is 35.5. The van der Waals surface area contributed by atoms with Crippen LogP contribution in [0.3, 0.4) is 0 Å². The third kappa shape index (κ3) is 4.57. The highest BCUT2D eigenvalue weighted by molar-refractivity contribution is 6.32. The van der Waals surface area contributed by atoms with E-state index in [1.807, 2.05) is 24.3 Å². The Kier molecular flexibility index (Phi) is 6.64. The summed E-state index contributed by atoms with van der Waals surface area (Å²) < 4.78 is 10.5. The molecule has 0 bridgehead atoms. The number of amides is 1. The zero-order chi connectivity index (χ0) is 19.3. The Hall–Kier alpha value is -1.75. The van der Waals surface area contributed by atoms with Crippen LogP contribution in [0.2, 0.25) is 10.0 Å². The van der Waals surface area contributed by atoms with Crippen molar-refractivity contribution in [2.24, 2.45) is 0 Å². The Morgan fingerprint density at radius 3 is 2.41 bits per heavy atom. The van der Waals surface area contributed by atoms with E-state index in [-0.39, 0.29) is 5.91 Å². The van der Waals surface area contributed by atoms with Gasteiger partial charge in [-0.05, 0) is 48.7 Å². The van der Waals surface area contributed by atoms with E-state index in [1.54, 1.807) is 25.3 Å². The Morgan fingerprint density at radius 2 is 1.78 bits per heavy atom. The molecule has 1 aliphatic carbocycles. The van der Waals surface area contributed by atoms with Crippen molar-refractivity contribution in [2.75, 3.05) is 25.6 Å². The molecular weight excluding hydrogens is 385 g/mol. The summed E-state index contributed by atoms with van der Waals surface area (Å²) in [7, 11) is 1.61. The Labute approximate surface area is 169 Å². The molecule has 1 N–H and O–H groups in total. The van der Waals surface area contributed by atoms with Gasteiger partial charge in [0.1, 0.15) is 12.4 Å². The lowest BCUT2D eigenvalue weighted by Gasteiger charge is -2.28. The van der Waals surface area contributed by atoms with Crippen molar-refractivity contribution >= 4 is 34.8 Å². The molecule has 1 aliphatic rings. The standard InChI is InChI=1S/C21H23Cl2NO3/c1-26-12-13-27-19-9-8-17(14-18(19)23)24-20(25)21(10-2-3-11-21)15-4-6-16(22)7-5-15/h4-9,14H,2-3,10-13H2,1H3,(H,24,25). The molecule has 0 saturated heterocycles. The van der Waals surface area contributed by atoms with Crippen LogP contribution in [0.1, 0.15) is 31.2 Å². The first-order valence-corrected chi connectivity index (χ1v) is 9.79. The van der Waals surface area contributed by atoms with Crippen molar-refractivity contribution in [3.63, 3.8) is 0 Å². The smallest absolute Gasteiger partial charge is 0.235 e. The van der Waals surface area contributed by atoms with Crippen molar-refractivity contribution in [2.45, 2.75) is 31.1 Å². The van der Waals surface area contributed by atoms with Crippen LogP contribution >= 0.6 is 23.2 Å². The van der Waals surface area contributed by atoms with Gasteiger partial charge in [-0.2, -0.15) is 0 Å². The minimum absolute atomic E-state index is 0.00793. The summed E-state index contributed by atoms with van der Waals surface area (Å²) in [6, 6.07) is 12.9. The lowest BCUT2D eigenvalue weighted by Crippen LogP contribution is -2.37. The van der Waals surface area contributed by atoms with E-state index in [1.165, 1.54) is 0 Å². The van der Waals surface area contributed by atoms with Gasteiger partial charge in [-0.3, -0.25) is 4.79 Å². The van der Waals surface area contributed by atoms with E-state index < -0.39 is 5.41 Å². The molecule has 2 aromatic rings. The van der Waals surface area contributed by atoms with Crippen molar-refractivity contribution in [1.29, 1.82) is 0 Å². The van der Waals surface area contributed by atoms with E-state index in [2.05, 4.69) is 5.32 Å². The number of ether oxygens (including phenoxy) is 2. The largest absolute Gasteiger partial charge is 0.490 e. The average Bonchev–Trinajstić information content (AvgIpc) is 3.15. The fraction of sp³-hybridized carbons (Fsp3) is 0.381. The summed E-state index contributed by atoms with van der Waals surface area (Å²) in [5, 5.41) is 4.16. The van der Waals surface area contributed by atoms with E-state index in [0.717, 1.165) is 31.2 Å². The second-order valence-corrected chi connectivity index (χ2v) is 7.58. The molecule has 3 rings (SSSR count). The summed E-state index contributed by atoms with van der Waals surface area (Å²) in [5.41, 5.74) is 1.14. The van der Waals surface area contributed by atoms with Gasteiger partial charge in [0.15, 0.2) is 0 Å². The quantitative estimate of drug-likeness (QED) is 0.618. The number of hydrogen-bond acceptors (Lipinski definition) is 3. The highest BCUT2D eigenvalue weighted by Gasteiger charge is 2.42. The Morgan fingerprint density at radius 1 is 1.07 bits per heavy atom. The van der Waals surface area contributed by atoms with E-state index in [4.69, 9.17) is 32.7 Å². The molecule has 4 nitrogen and oxygen atoms in total. The molecule has 1 amide bonds. The number of rotatable bonds is 7. The molecule has 2 aromatic carbocycles.